The first-order valence-corrected chi connectivity index (χ1v) is 7.95. The van der Waals surface area contributed by atoms with Crippen molar-refractivity contribution in [2.45, 2.75) is 70.0 Å². The quantitative estimate of drug-likeness (QED) is 0.645. The third-order valence-electron chi connectivity index (χ3n) is 4.85. The van der Waals surface area contributed by atoms with Crippen LogP contribution in [-0.4, -0.2) is 34.2 Å². The van der Waals surface area contributed by atoms with Crippen molar-refractivity contribution in [1.82, 2.24) is 20.8 Å². The molecule has 6 nitrogen and oxygen atoms in total. The standard InChI is InChI=1S/C15H24N4O2/c1-9-11(15(21)19-18-9)8-14(20)17-13-7-6-12(13)16-10-4-2-3-5-10/h10,12-13,16H,2-8H2,1H3,(H,17,20)(H2,18,19,21)/t12-,13+/m1/s1. The van der Waals surface area contributed by atoms with Gasteiger partial charge < -0.3 is 15.7 Å². The summed E-state index contributed by atoms with van der Waals surface area (Å²) in [7, 11) is 0. The number of rotatable bonds is 5. The van der Waals surface area contributed by atoms with Crippen LogP contribution in [0.4, 0.5) is 0 Å². The second-order valence-corrected chi connectivity index (χ2v) is 6.37. The molecular weight excluding hydrogens is 268 g/mol. The monoisotopic (exact) mass is 292 g/mol. The Hall–Kier alpha value is -1.56. The predicted molar refractivity (Wildman–Crippen MR) is 80.2 cm³/mol. The molecule has 1 heterocycles. The molecule has 2 fully saturated rings. The van der Waals surface area contributed by atoms with Crippen molar-refractivity contribution < 1.29 is 4.79 Å². The summed E-state index contributed by atoms with van der Waals surface area (Å²) in [6.45, 7) is 1.80. The van der Waals surface area contributed by atoms with Crippen LogP contribution < -0.4 is 16.2 Å². The van der Waals surface area contributed by atoms with Gasteiger partial charge in [-0.15, -0.1) is 0 Å². The Morgan fingerprint density at radius 3 is 2.43 bits per heavy atom. The molecule has 6 heteroatoms. The maximum Gasteiger partial charge on any atom is 0.267 e. The second-order valence-electron chi connectivity index (χ2n) is 6.37. The smallest absolute Gasteiger partial charge is 0.267 e. The first-order valence-electron chi connectivity index (χ1n) is 7.95. The van der Waals surface area contributed by atoms with E-state index in [2.05, 4.69) is 20.8 Å². The van der Waals surface area contributed by atoms with Gasteiger partial charge in [-0.25, -0.2) is 0 Å². The van der Waals surface area contributed by atoms with Gasteiger partial charge in [-0.1, -0.05) is 12.8 Å². The van der Waals surface area contributed by atoms with Gasteiger partial charge in [0.25, 0.3) is 5.56 Å². The van der Waals surface area contributed by atoms with Crippen LogP contribution in [0.5, 0.6) is 0 Å². The molecule has 2 aliphatic rings. The number of carbonyl (C=O) groups excluding carboxylic acids is 1. The molecule has 0 spiro atoms. The van der Waals surface area contributed by atoms with Crippen LogP contribution in [0.3, 0.4) is 0 Å². The van der Waals surface area contributed by atoms with E-state index in [-0.39, 0.29) is 23.9 Å². The largest absolute Gasteiger partial charge is 0.352 e. The Morgan fingerprint density at radius 1 is 1.14 bits per heavy atom. The highest BCUT2D eigenvalue weighted by atomic mass is 16.2. The Balaban J connectivity index is 1.49. The van der Waals surface area contributed by atoms with Gasteiger partial charge >= 0.3 is 0 Å². The molecule has 1 amide bonds. The third kappa shape index (κ3) is 3.20. The number of carbonyl (C=O) groups is 1. The maximum atomic E-state index is 12.1. The number of nitrogens with one attached hydrogen (secondary N) is 4. The van der Waals surface area contributed by atoms with Crippen molar-refractivity contribution in [1.29, 1.82) is 0 Å². The summed E-state index contributed by atoms with van der Waals surface area (Å²) in [5, 5.41) is 12.0. The lowest BCUT2D eigenvalue weighted by Gasteiger charge is -2.39. The number of aromatic nitrogens is 2. The summed E-state index contributed by atoms with van der Waals surface area (Å²) >= 11 is 0. The van der Waals surface area contributed by atoms with Gasteiger partial charge in [-0.3, -0.25) is 14.7 Å². The molecule has 0 aliphatic heterocycles. The predicted octanol–water partition coefficient (Wildman–Crippen LogP) is 0.733. The molecule has 116 valence electrons. The zero-order valence-corrected chi connectivity index (χ0v) is 12.5. The van der Waals surface area contributed by atoms with Crippen molar-refractivity contribution in [3.8, 4) is 0 Å². The van der Waals surface area contributed by atoms with Crippen molar-refractivity contribution in [2.75, 3.05) is 0 Å². The van der Waals surface area contributed by atoms with Crippen molar-refractivity contribution in [3.63, 3.8) is 0 Å². The first-order chi connectivity index (χ1) is 10.1. The summed E-state index contributed by atoms with van der Waals surface area (Å²) < 4.78 is 0. The molecule has 1 aromatic rings. The Morgan fingerprint density at radius 2 is 1.86 bits per heavy atom. The van der Waals surface area contributed by atoms with E-state index in [9.17, 15) is 9.59 Å². The number of hydrogen-bond donors (Lipinski definition) is 4. The highest BCUT2D eigenvalue weighted by Gasteiger charge is 2.34. The van der Waals surface area contributed by atoms with Crippen LogP contribution in [-0.2, 0) is 11.2 Å². The number of hydrogen-bond acceptors (Lipinski definition) is 3. The van der Waals surface area contributed by atoms with E-state index in [0.717, 1.165) is 18.5 Å². The summed E-state index contributed by atoms with van der Waals surface area (Å²) in [6, 6.07) is 1.25. The number of H-pyrrole nitrogens is 2. The fraction of sp³-hybridized carbons (Fsp3) is 0.733. The SMILES string of the molecule is Cc1[nH][nH]c(=O)c1CC(=O)N[C@H]1CC[C@H]1NC1CCCC1. The molecule has 2 saturated carbocycles. The van der Waals surface area contributed by atoms with E-state index in [1.807, 2.05) is 0 Å². The highest BCUT2D eigenvalue weighted by molar-refractivity contribution is 5.79. The van der Waals surface area contributed by atoms with Gasteiger partial charge in [-0.2, -0.15) is 0 Å². The van der Waals surface area contributed by atoms with Gasteiger partial charge in [0.2, 0.25) is 5.91 Å². The zero-order chi connectivity index (χ0) is 14.8. The Kier molecular flexibility index (Phi) is 4.14. The van der Waals surface area contributed by atoms with Crippen LogP contribution in [0.15, 0.2) is 4.79 Å². The number of aryl methyl sites for hydroxylation is 1. The van der Waals surface area contributed by atoms with E-state index in [0.29, 0.717) is 17.6 Å². The Labute approximate surface area is 124 Å². The van der Waals surface area contributed by atoms with Gasteiger partial charge in [0.1, 0.15) is 0 Å². The Bertz CT molecular complexity index is 556. The number of amides is 1. The second kappa shape index (κ2) is 6.05. The van der Waals surface area contributed by atoms with E-state index in [4.69, 9.17) is 0 Å². The summed E-state index contributed by atoms with van der Waals surface area (Å²) in [6.07, 6.45) is 7.46. The molecule has 0 saturated heterocycles. The molecule has 0 bridgehead atoms. The molecule has 0 radical (unpaired) electrons. The van der Waals surface area contributed by atoms with Gasteiger partial charge in [0.15, 0.2) is 0 Å². The van der Waals surface area contributed by atoms with Crippen molar-refractivity contribution in [2.24, 2.45) is 0 Å². The third-order valence-corrected chi connectivity index (χ3v) is 4.85. The lowest BCUT2D eigenvalue weighted by atomic mass is 9.85. The van der Waals surface area contributed by atoms with Crippen LogP contribution in [0.25, 0.3) is 0 Å². The molecule has 3 rings (SSSR count). The van der Waals surface area contributed by atoms with Crippen molar-refractivity contribution >= 4 is 5.91 Å². The normalized spacial score (nSPS) is 25.8. The maximum absolute atomic E-state index is 12.1. The summed E-state index contributed by atoms with van der Waals surface area (Å²) in [4.78, 5) is 23.7. The van der Waals surface area contributed by atoms with Crippen LogP contribution in [0, 0.1) is 6.92 Å². The van der Waals surface area contributed by atoms with Gasteiger partial charge in [-0.05, 0) is 32.6 Å². The average Bonchev–Trinajstić information content (AvgIpc) is 3.06. The van der Waals surface area contributed by atoms with Crippen LogP contribution in [0.1, 0.15) is 49.8 Å². The molecule has 0 unspecified atom stereocenters. The first kappa shape index (κ1) is 14.4. The van der Waals surface area contributed by atoms with Crippen LogP contribution in [0.2, 0.25) is 0 Å². The lowest BCUT2D eigenvalue weighted by Crippen LogP contribution is -2.58. The summed E-state index contributed by atoms with van der Waals surface area (Å²) in [5.41, 5.74) is 1.08. The molecule has 21 heavy (non-hydrogen) atoms. The molecule has 2 atom stereocenters. The minimum Gasteiger partial charge on any atom is -0.352 e. The molecular formula is C15H24N4O2. The minimum absolute atomic E-state index is 0.0638. The van der Waals surface area contributed by atoms with E-state index >= 15 is 0 Å². The van der Waals surface area contributed by atoms with Crippen LogP contribution >= 0.6 is 0 Å². The van der Waals surface area contributed by atoms with E-state index < -0.39 is 0 Å². The number of aromatic amines is 2. The van der Waals surface area contributed by atoms with E-state index in [1.54, 1.807) is 6.92 Å². The fourth-order valence-corrected chi connectivity index (χ4v) is 3.37. The topological polar surface area (TPSA) is 89.8 Å². The molecule has 4 N–H and O–H groups in total. The summed E-state index contributed by atoms with van der Waals surface area (Å²) in [5.74, 6) is -0.0638. The fourth-order valence-electron chi connectivity index (χ4n) is 3.37. The van der Waals surface area contributed by atoms with Crippen molar-refractivity contribution in [3.05, 3.63) is 21.6 Å². The highest BCUT2D eigenvalue weighted by Crippen LogP contribution is 2.25. The zero-order valence-electron chi connectivity index (χ0n) is 12.5. The average molecular weight is 292 g/mol. The van der Waals surface area contributed by atoms with E-state index in [1.165, 1.54) is 25.7 Å². The van der Waals surface area contributed by atoms with Gasteiger partial charge in [0.05, 0.1) is 6.42 Å². The minimum atomic E-state index is -0.197. The molecule has 1 aromatic heterocycles. The lowest BCUT2D eigenvalue weighted by molar-refractivity contribution is -0.122. The molecule has 2 aliphatic carbocycles. The van der Waals surface area contributed by atoms with Gasteiger partial charge in [0, 0.05) is 29.4 Å². The molecule has 0 aromatic carbocycles.